The lowest BCUT2D eigenvalue weighted by molar-refractivity contribution is -0.127. The van der Waals surface area contributed by atoms with Gasteiger partial charge in [0.05, 0.1) is 23.6 Å². The minimum Gasteiger partial charge on any atom is -0.349 e. The molecule has 168 valence electrons. The van der Waals surface area contributed by atoms with Crippen LogP contribution in [-0.2, 0) is 14.3 Å². The fraction of sp³-hybridized carbons (Fsp3) is 0.185. The van der Waals surface area contributed by atoms with E-state index in [1.807, 2.05) is 19.1 Å². The fourth-order valence-corrected chi connectivity index (χ4v) is 5.68. The molecule has 0 bridgehead atoms. The van der Waals surface area contributed by atoms with Crippen LogP contribution in [-0.4, -0.2) is 29.0 Å². The van der Waals surface area contributed by atoms with Crippen molar-refractivity contribution in [2.24, 2.45) is 11.8 Å². The van der Waals surface area contributed by atoms with Crippen molar-refractivity contribution in [2.45, 2.75) is 18.6 Å². The Hall–Kier alpha value is -3.42. The van der Waals surface area contributed by atoms with Crippen LogP contribution in [0, 0.1) is 18.8 Å². The Labute approximate surface area is 203 Å². The SMILES string of the molecule is Cc1ccc(N2C(=O)[C@H]3[C@@H](c4ccc(Br)cc4)OC4(C(=O)c5ccccc5C4=O)[C@H]3C2=O)cc1. The van der Waals surface area contributed by atoms with E-state index in [1.54, 1.807) is 60.7 Å². The zero-order valence-electron chi connectivity index (χ0n) is 18.0. The van der Waals surface area contributed by atoms with Crippen molar-refractivity contribution in [1.82, 2.24) is 0 Å². The third kappa shape index (κ3) is 2.65. The molecular formula is C27H18BrNO5. The summed E-state index contributed by atoms with van der Waals surface area (Å²) in [6.45, 7) is 1.91. The van der Waals surface area contributed by atoms with Gasteiger partial charge in [-0.1, -0.05) is 70.0 Å². The van der Waals surface area contributed by atoms with Crippen molar-refractivity contribution in [1.29, 1.82) is 0 Å². The topological polar surface area (TPSA) is 80.8 Å². The second-order valence-corrected chi connectivity index (χ2v) is 9.80. The Balaban J connectivity index is 1.54. The number of hydrogen-bond acceptors (Lipinski definition) is 5. The number of imide groups is 1. The molecule has 6 rings (SSSR count). The number of ether oxygens (including phenoxy) is 1. The van der Waals surface area contributed by atoms with E-state index in [0.29, 0.717) is 11.3 Å². The quantitative estimate of drug-likeness (QED) is 0.372. The molecule has 2 aliphatic heterocycles. The summed E-state index contributed by atoms with van der Waals surface area (Å²) in [4.78, 5) is 56.1. The number of nitrogens with zero attached hydrogens (tertiary/aromatic N) is 1. The summed E-state index contributed by atoms with van der Waals surface area (Å²) in [5.74, 6) is -4.43. The number of benzene rings is 3. The van der Waals surface area contributed by atoms with E-state index >= 15 is 0 Å². The number of Topliss-reactive ketones (excluding diaryl/α,β-unsaturated/α-hetero) is 2. The molecule has 0 saturated carbocycles. The Morgan fingerprint density at radius 2 is 1.38 bits per heavy atom. The number of hydrogen-bond donors (Lipinski definition) is 0. The molecule has 2 fully saturated rings. The van der Waals surface area contributed by atoms with Crippen LogP contribution in [0.1, 0.15) is 37.9 Å². The van der Waals surface area contributed by atoms with Crippen LogP contribution in [0.15, 0.2) is 77.3 Å². The predicted octanol–water partition coefficient (Wildman–Crippen LogP) is 4.45. The monoisotopic (exact) mass is 515 g/mol. The van der Waals surface area contributed by atoms with Crippen LogP contribution in [0.4, 0.5) is 5.69 Å². The molecule has 0 aromatic heterocycles. The minimum absolute atomic E-state index is 0.219. The standard InChI is InChI=1S/C27H18BrNO5/c1-14-6-12-17(13-7-14)29-25(32)20-21(26(29)33)27(34-22(20)15-8-10-16(28)11-9-15)23(30)18-4-2-3-5-19(18)24(27)31/h2-13,20-22H,1H3/t20-,21-,22-/m1/s1. The summed E-state index contributed by atoms with van der Waals surface area (Å²) in [6, 6.07) is 20.6. The van der Waals surface area contributed by atoms with Gasteiger partial charge < -0.3 is 4.74 Å². The number of aryl methyl sites for hydroxylation is 1. The summed E-state index contributed by atoms with van der Waals surface area (Å²) < 4.78 is 7.10. The van der Waals surface area contributed by atoms with Crippen molar-refractivity contribution in [3.05, 3.63) is 99.5 Å². The maximum Gasteiger partial charge on any atom is 0.241 e. The summed E-state index contributed by atoms with van der Waals surface area (Å²) in [5, 5.41) is 0. The number of carbonyl (C=O) groups is 4. The first kappa shape index (κ1) is 21.1. The zero-order valence-corrected chi connectivity index (χ0v) is 19.6. The average molecular weight is 516 g/mol. The highest BCUT2D eigenvalue weighted by Gasteiger charge is 2.74. The van der Waals surface area contributed by atoms with Crippen molar-refractivity contribution < 1.29 is 23.9 Å². The largest absolute Gasteiger partial charge is 0.349 e. The lowest BCUT2D eigenvalue weighted by Crippen LogP contribution is -2.51. The molecule has 6 nitrogen and oxygen atoms in total. The van der Waals surface area contributed by atoms with E-state index < -0.39 is 46.9 Å². The molecule has 2 saturated heterocycles. The third-order valence-corrected chi connectivity index (χ3v) is 7.54. The molecule has 1 spiro atoms. The second-order valence-electron chi connectivity index (χ2n) is 8.88. The van der Waals surface area contributed by atoms with E-state index in [4.69, 9.17) is 4.74 Å². The molecular weight excluding hydrogens is 498 g/mol. The molecule has 3 aliphatic rings. The molecule has 2 heterocycles. The highest BCUT2D eigenvalue weighted by molar-refractivity contribution is 9.10. The Kier molecular flexibility index (Phi) is 4.53. The summed E-state index contributed by atoms with van der Waals surface area (Å²) >= 11 is 3.40. The average Bonchev–Trinajstić information content (AvgIpc) is 3.40. The van der Waals surface area contributed by atoms with Crippen LogP contribution >= 0.6 is 15.9 Å². The van der Waals surface area contributed by atoms with E-state index in [2.05, 4.69) is 15.9 Å². The molecule has 3 atom stereocenters. The molecule has 34 heavy (non-hydrogen) atoms. The summed E-state index contributed by atoms with van der Waals surface area (Å²) in [5.41, 5.74) is 0.396. The van der Waals surface area contributed by atoms with Gasteiger partial charge >= 0.3 is 0 Å². The molecule has 7 heteroatoms. The fourth-order valence-electron chi connectivity index (χ4n) is 5.42. The highest BCUT2D eigenvalue weighted by Crippen LogP contribution is 2.57. The van der Waals surface area contributed by atoms with Crippen molar-refractivity contribution in [3.63, 3.8) is 0 Å². The van der Waals surface area contributed by atoms with Crippen molar-refractivity contribution >= 4 is 45.0 Å². The molecule has 0 radical (unpaired) electrons. The number of halogens is 1. The number of amides is 2. The number of anilines is 1. The number of carbonyl (C=O) groups excluding carboxylic acids is 4. The van der Waals surface area contributed by atoms with Gasteiger partial charge in [-0.25, -0.2) is 4.90 Å². The summed E-state index contributed by atoms with van der Waals surface area (Å²) in [6.07, 6.45) is -0.924. The molecule has 3 aromatic rings. The van der Waals surface area contributed by atoms with E-state index in [-0.39, 0.29) is 11.1 Å². The third-order valence-electron chi connectivity index (χ3n) is 7.01. The van der Waals surface area contributed by atoms with Gasteiger partial charge in [-0.2, -0.15) is 0 Å². The van der Waals surface area contributed by atoms with Crippen molar-refractivity contribution in [3.8, 4) is 0 Å². The van der Waals surface area contributed by atoms with Gasteiger partial charge in [-0.3, -0.25) is 19.2 Å². The molecule has 1 aliphatic carbocycles. The smallest absolute Gasteiger partial charge is 0.241 e. The van der Waals surface area contributed by atoms with E-state index in [9.17, 15) is 19.2 Å². The van der Waals surface area contributed by atoms with Gasteiger partial charge in [0.25, 0.3) is 0 Å². The number of rotatable bonds is 2. The molecule has 3 aromatic carbocycles. The van der Waals surface area contributed by atoms with Crippen LogP contribution in [0.2, 0.25) is 0 Å². The van der Waals surface area contributed by atoms with Crippen LogP contribution in [0.25, 0.3) is 0 Å². The van der Waals surface area contributed by atoms with Gasteiger partial charge in [0.1, 0.15) is 0 Å². The Morgan fingerprint density at radius 1 is 0.794 bits per heavy atom. The highest BCUT2D eigenvalue weighted by atomic mass is 79.9. The zero-order chi connectivity index (χ0) is 23.8. The maximum atomic E-state index is 13.8. The van der Waals surface area contributed by atoms with E-state index in [1.165, 1.54) is 0 Å². The van der Waals surface area contributed by atoms with Crippen LogP contribution < -0.4 is 4.90 Å². The first-order valence-corrected chi connectivity index (χ1v) is 11.7. The molecule has 0 unspecified atom stereocenters. The second kappa shape index (κ2) is 7.29. The number of fused-ring (bicyclic) bond motifs is 3. The lowest BCUT2D eigenvalue weighted by Gasteiger charge is -2.27. The maximum absolute atomic E-state index is 13.8. The first-order chi connectivity index (χ1) is 16.3. The van der Waals surface area contributed by atoms with Gasteiger partial charge in [0, 0.05) is 15.6 Å². The number of ketones is 2. The van der Waals surface area contributed by atoms with E-state index in [0.717, 1.165) is 14.9 Å². The minimum atomic E-state index is -2.06. The van der Waals surface area contributed by atoms with Gasteiger partial charge in [0.15, 0.2) is 0 Å². The van der Waals surface area contributed by atoms with Crippen LogP contribution in [0.3, 0.4) is 0 Å². The van der Waals surface area contributed by atoms with Gasteiger partial charge in [0.2, 0.25) is 29.0 Å². The van der Waals surface area contributed by atoms with Crippen LogP contribution in [0.5, 0.6) is 0 Å². The first-order valence-electron chi connectivity index (χ1n) is 10.9. The Bertz CT molecular complexity index is 1360. The Morgan fingerprint density at radius 3 is 1.97 bits per heavy atom. The molecule has 0 N–H and O–H groups in total. The lowest BCUT2D eigenvalue weighted by atomic mass is 9.77. The normalized spacial score (nSPS) is 24.8. The summed E-state index contributed by atoms with van der Waals surface area (Å²) in [7, 11) is 0. The van der Waals surface area contributed by atoms with Gasteiger partial charge in [-0.15, -0.1) is 0 Å². The van der Waals surface area contributed by atoms with Crippen molar-refractivity contribution in [2.75, 3.05) is 4.90 Å². The molecule has 2 amide bonds. The predicted molar refractivity (Wildman–Crippen MR) is 126 cm³/mol. The van der Waals surface area contributed by atoms with Gasteiger partial charge in [-0.05, 0) is 36.8 Å².